The van der Waals surface area contributed by atoms with Crippen molar-refractivity contribution in [1.82, 2.24) is 0 Å². The Morgan fingerprint density at radius 1 is 1.67 bits per heavy atom. The molecule has 0 bridgehead atoms. The average molecular weight is 133 g/mol. The smallest absolute Gasteiger partial charge is 0.277 e. The predicted octanol–water partition coefficient (Wildman–Crippen LogP) is 1.76. The van der Waals surface area contributed by atoms with Crippen LogP contribution in [0, 0.1) is 6.92 Å². The number of halogens is 2. The third-order valence-electron chi connectivity index (χ3n) is 1.26. The summed E-state index contributed by atoms with van der Waals surface area (Å²) in [7, 11) is 0. The minimum Gasteiger partial charge on any atom is -0.489 e. The Balaban J connectivity index is 2.55. The zero-order valence-electron chi connectivity index (χ0n) is 4.81. The third kappa shape index (κ3) is 1.04. The van der Waals surface area contributed by atoms with Gasteiger partial charge in [-0.3, -0.25) is 0 Å². The van der Waals surface area contributed by atoms with Crippen molar-refractivity contribution < 1.29 is 13.5 Å². The number of hydrogen-bond acceptors (Lipinski definition) is 1. The summed E-state index contributed by atoms with van der Waals surface area (Å²) in [6.07, 6.45) is 0.496. The van der Waals surface area contributed by atoms with Crippen LogP contribution in [0.15, 0.2) is 12.3 Å². The molecule has 0 spiro atoms. The average Bonchev–Trinajstić information content (AvgIpc) is 2.16. The summed E-state index contributed by atoms with van der Waals surface area (Å²) >= 11 is 0. The van der Waals surface area contributed by atoms with E-state index in [1.807, 2.05) is 0 Å². The summed E-state index contributed by atoms with van der Waals surface area (Å²) in [5.74, 6) is 0. The maximum absolute atomic E-state index is 11.9. The first-order valence-electron chi connectivity index (χ1n) is 2.61. The minimum absolute atomic E-state index is 0.199. The van der Waals surface area contributed by atoms with E-state index >= 15 is 0 Å². The fourth-order valence-electron chi connectivity index (χ4n) is 0.620. The maximum Gasteiger partial charge on any atom is 0.277 e. The van der Waals surface area contributed by atoms with Gasteiger partial charge in [-0.1, -0.05) is 0 Å². The fraction of sp³-hybridized carbons (Fsp3) is 0.500. The molecule has 0 aromatic carbocycles. The van der Waals surface area contributed by atoms with Crippen LogP contribution in [0.3, 0.4) is 0 Å². The summed E-state index contributed by atoms with van der Waals surface area (Å²) < 4.78 is 28.4. The highest BCUT2D eigenvalue weighted by Crippen LogP contribution is 2.28. The number of ether oxygens (including phenoxy) is 1. The molecule has 0 fully saturated rings. The lowest BCUT2D eigenvalue weighted by atomic mass is 10.1. The molecule has 1 unspecified atom stereocenters. The van der Waals surface area contributed by atoms with Gasteiger partial charge in [0.15, 0.2) is 5.60 Å². The van der Waals surface area contributed by atoms with Gasteiger partial charge in [-0.25, -0.2) is 8.78 Å². The molecular formula is C6H7F2O. The quantitative estimate of drug-likeness (QED) is 0.529. The van der Waals surface area contributed by atoms with Crippen molar-refractivity contribution in [1.29, 1.82) is 0 Å². The van der Waals surface area contributed by atoms with Crippen LogP contribution in [0.1, 0.15) is 6.42 Å². The van der Waals surface area contributed by atoms with E-state index in [0.717, 1.165) is 0 Å². The summed E-state index contributed by atoms with van der Waals surface area (Å²) in [4.78, 5) is 0. The van der Waals surface area contributed by atoms with Crippen LogP contribution in [0.4, 0.5) is 8.78 Å². The minimum atomic E-state index is -2.51. The van der Waals surface area contributed by atoms with Gasteiger partial charge in [0.05, 0.1) is 6.26 Å². The highest BCUT2D eigenvalue weighted by molar-refractivity contribution is 5.01. The van der Waals surface area contributed by atoms with Crippen molar-refractivity contribution in [2.75, 3.05) is 0 Å². The monoisotopic (exact) mass is 133 g/mol. The molecule has 0 amide bonds. The molecule has 0 saturated carbocycles. The largest absolute Gasteiger partial charge is 0.489 e. The van der Waals surface area contributed by atoms with Crippen LogP contribution in [-0.2, 0) is 4.74 Å². The van der Waals surface area contributed by atoms with Gasteiger partial charge in [-0.05, 0) is 13.0 Å². The highest BCUT2D eigenvalue weighted by Gasteiger charge is 2.37. The first kappa shape index (κ1) is 6.52. The molecule has 1 nitrogen and oxygen atoms in total. The van der Waals surface area contributed by atoms with E-state index in [1.165, 1.54) is 6.26 Å². The van der Waals surface area contributed by atoms with Crippen molar-refractivity contribution >= 4 is 0 Å². The number of alkyl halides is 2. The Kier molecular flexibility index (Phi) is 1.43. The molecule has 1 aliphatic rings. The fourth-order valence-corrected chi connectivity index (χ4v) is 0.620. The van der Waals surface area contributed by atoms with Crippen molar-refractivity contribution in [2.45, 2.75) is 18.4 Å². The molecule has 1 rings (SSSR count). The zero-order chi connectivity index (χ0) is 6.91. The lowest BCUT2D eigenvalue weighted by Crippen LogP contribution is -2.32. The SMILES string of the molecule is [CH2]C1(C(F)F)CC=CO1. The molecule has 51 valence electrons. The predicted molar refractivity (Wildman–Crippen MR) is 28.9 cm³/mol. The van der Waals surface area contributed by atoms with E-state index in [2.05, 4.69) is 11.7 Å². The molecule has 0 saturated heterocycles. The van der Waals surface area contributed by atoms with Crippen LogP contribution >= 0.6 is 0 Å². The Hall–Kier alpha value is -0.600. The van der Waals surface area contributed by atoms with E-state index in [4.69, 9.17) is 0 Å². The standard InChI is InChI=1S/C6H7F2O/c1-6(5(7)8)3-2-4-9-6/h2,4-5H,1,3H2. The van der Waals surface area contributed by atoms with Gasteiger partial charge in [-0.2, -0.15) is 0 Å². The first-order chi connectivity index (χ1) is 4.15. The van der Waals surface area contributed by atoms with Crippen molar-refractivity contribution in [3.05, 3.63) is 19.3 Å². The molecule has 1 radical (unpaired) electrons. The molecule has 0 aromatic rings. The Labute approximate surface area is 52.3 Å². The number of rotatable bonds is 1. The van der Waals surface area contributed by atoms with Crippen molar-refractivity contribution in [3.8, 4) is 0 Å². The Morgan fingerprint density at radius 3 is 2.56 bits per heavy atom. The lowest BCUT2D eigenvalue weighted by molar-refractivity contribution is -0.0577. The van der Waals surface area contributed by atoms with Gasteiger partial charge in [-0.15, -0.1) is 0 Å². The maximum atomic E-state index is 11.9. The first-order valence-corrected chi connectivity index (χ1v) is 2.61. The molecule has 0 aliphatic carbocycles. The summed E-state index contributed by atoms with van der Waals surface area (Å²) in [6.45, 7) is 3.23. The van der Waals surface area contributed by atoms with Gasteiger partial charge in [0.1, 0.15) is 0 Å². The van der Waals surface area contributed by atoms with Crippen molar-refractivity contribution in [3.63, 3.8) is 0 Å². The molecule has 9 heavy (non-hydrogen) atoms. The van der Waals surface area contributed by atoms with Gasteiger partial charge >= 0.3 is 0 Å². The van der Waals surface area contributed by atoms with E-state index in [0.29, 0.717) is 0 Å². The molecular weight excluding hydrogens is 126 g/mol. The van der Waals surface area contributed by atoms with Gasteiger partial charge in [0.2, 0.25) is 0 Å². The van der Waals surface area contributed by atoms with Crippen LogP contribution < -0.4 is 0 Å². The van der Waals surface area contributed by atoms with Crippen molar-refractivity contribution in [2.24, 2.45) is 0 Å². The third-order valence-corrected chi connectivity index (χ3v) is 1.26. The normalized spacial score (nSPS) is 33.3. The highest BCUT2D eigenvalue weighted by atomic mass is 19.3. The second-order valence-electron chi connectivity index (χ2n) is 2.06. The van der Waals surface area contributed by atoms with Crippen LogP contribution in [0.25, 0.3) is 0 Å². The van der Waals surface area contributed by atoms with Gasteiger partial charge in [0, 0.05) is 6.42 Å². The second kappa shape index (κ2) is 1.97. The van der Waals surface area contributed by atoms with Gasteiger partial charge < -0.3 is 4.74 Å². The van der Waals surface area contributed by atoms with Crippen LogP contribution in [0.5, 0.6) is 0 Å². The lowest BCUT2D eigenvalue weighted by Gasteiger charge is -2.21. The summed E-state index contributed by atoms with van der Waals surface area (Å²) in [5.41, 5.74) is -1.50. The molecule has 0 aromatic heterocycles. The summed E-state index contributed by atoms with van der Waals surface area (Å²) in [6, 6.07) is 0. The molecule has 1 heterocycles. The molecule has 1 aliphatic heterocycles. The van der Waals surface area contributed by atoms with E-state index in [9.17, 15) is 8.78 Å². The molecule has 0 N–H and O–H groups in total. The van der Waals surface area contributed by atoms with Gasteiger partial charge in [0.25, 0.3) is 6.43 Å². The van der Waals surface area contributed by atoms with E-state index in [1.54, 1.807) is 6.08 Å². The number of hydrogen-bond donors (Lipinski definition) is 0. The van der Waals surface area contributed by atoms with Crippen LogP contribution in [0.2, 0.25) is 0 Å². The topological polar surface area (TPSA) is 9.23 Å². The Morgan fingerprint density at radius 2 is 2.33 bits per heavy atom. The molecule has 1 atom stereocenters. The Bertz CT molecular complexity index is 123. The van der Waals surface area contributed by atoms with E-state index in [-0.39, 0.29) is 6.42 Å². The van der Waals surface area contributed by atoms with E-state index < -0.39 is 12.0 Å². The second-order valence-corrected chi connectivity index (χ2v) is 2.06. The zero-order valence-corrected chi connectivity index (χ0v) is 4.81. The molecule has 3 heteroatoms. The van der Waals surface area contributed by atoms with Crippen LogP contribution in [-0.4, -0.2) is 12.0 Å². The summed E-state index contributed by atoms with van der Waals surface area (Å²) in [5, 5.41) is 0.